The zero-order chi connectivity index (χ0) is 17.1. The normalized spacial score (nSPS) is 25.4. The average molecular weight is 333 g/mol. The zero-order valence-electron chi connectivity index (χ0n) is 14.4. The average Bonchev–Trinajstić information content (AvgIpc) is 2.48. The molecule has 5 nitrogen and oxygen atoms in total. The monoisotopic (exact) mass is 333 g/mol. The van der Waals surface area contributed by atoms with E-state index in [1.165, 1.54) is 0 Å². The van der Waals surface area contributed by atoms with Gasteiger partial charge in [-0.05, 0) is 38.9 Å². The summed E-state index contributed by atoms with van der Waals surface area (Å²) >= 11 is 0. The number of halogens is 1. The molecule has 0 aromatic heterocycles. The fourth-order valence-corrected chi connectivity index (χ4v) is 5.97. The van der Waals surface area contributed by atoms with Gasteiger partial charge in [-0.15, -0.1) is 0 Å². The van der Waals surface area contributed by atoms with Crippen LogP contribution in [-0.4, -0.2) is 49.6 Å². The Bertz CT molecular complexity index is 420. The number of amides is 2. The molecule has 0 N–H and O–H groups in total. The lowest BCUT2D eigenvalue weighted by Crippen LogP contribution is -2.77. The molecule has 1 aliphatic heterocycles. The van der Waals surface area contributed by atoms with E-state index >= 15 is 0 Å². The summed E-state index contributed by atoms with van der Waals surface area (Å²) in [7, 11) is -2.09. The standard InChI is InChI=1S/C15H28FNO4Si/c1-7-22(8-2,9-3)21-15(6)12(10-16)17(13(15)18)14(19)20-11(4)5/h11-12H,7-10H2,1-6H3/t12-,15+/m0/s1. The number of hydrogen-bond donors (Lipinski definition) is 0. The van der Waals surface area contributed by atoms with Gasteiger partial charge in [0.2, 0.25) is 0 Å². The first-order chi connectivity index (χ1) is 10.2. The molecule has 22 heavy (non-hydrogen) atoms. The maximum Gasteiger partial charge on any atom is 0.417 e. The lowest BCUT2D eigenvalue weighted by molar-refractivity contribution is -0.180. The van der Waals surface area contributed by atoms with Gasteiger partial charge in [0, 0.05) is 0 Å². The minimum Gasteiger partial charge on any atom is -0.446 e. The third kappa shape index (κ3) is 3.20. The first kappa shape index (κ1) is 19.1. The number of nitrogens with zero attached hydrogens (tertiary/aromatic N) is 1. The maximum absolute atomic E-state index is 13.5. The minimum atomic E-state index is -2.09. The van der Waals surface area contributed by atoms with E-state index in [-0.39, 0.29) is 6.10 Å². The van der Waals surface area contributed by atoms with Crippen LogP contribution >= 0.6 is 0 Å². The van der Waals surface area contributed by atoms with Gasteiger partial charge in [0.05, 0.1) is 6.10 Å². The van der Waals surface area contributed by atoms with Crippen LogP contribution in [0.15, 0.2) is 0 Å². The van der Waals surface area contributed by atoms with Gasteiger partial charge in [-0.25, -0.2) is 14.1 Å². The number of ether oxygens (including phenoxy) is 1. The van der Waals surface area contributed by atoms with E-state index in [9.17, 15) is 14.0 Å². The fourth-order valence-electron chi connectivity index (χ4n) is 2.92. The molecule has 0 aromatic carbocycles. The van der Waals surface area contributed by atoms with Crippen LogP contribution in [0.25, 0.3) is 0 Å². The Morgan fingerprint density at radius 3 is 2.18 bits per heavy atom. The van der Waals surface area contributed by atoms with Crippen LogP contribution in [0.4, 0.5) is 9.18 Å². The van der Waals surface area contributed by atoms with Crippen LogP contribution in [-0.2, 0) is 14.0 Å². The van der Waals surface area contributed by atoms with Crippen molar-refractivity contribution in [3.05, 3.63) is 0 Å². The first-order valence-electron chi connectivity index (χ1n) is 8.01. The molecule has 2 amide bonds. The van der Waals surface area contributed by atoms with Gasteiger partial charge in [0.25, 0.3) is 5.91 Å². The Morgan fingerprint density at radius 2 is 1.82 bits per heavy atom. The highest BCUT2D eigenvalue weighted by molar-refractivity contribution is 6.73. The predicted octanol–water partition coefficient (Wildman–Crippen LogP) is 3.49. The number of rotatable bonds is 7. The van der Waals surface area contributed by atoms with Crippen molar-refractivity contribution in [2.24, 2.45) is 0 Å². The van der Waals surface area contributed by atoms with Crippen molar-refractivity contribution in [1.29, 1.82) is 0 Å². The lowest BCUT2D eigenvalue weighted by Gasteiger charge is -2.54. The van der Waals surface area contributed by atoms with E-state index < -0.39 is 38.6 Å². The quantitative estimate of drug-likeness (QED) is 0.528. The van der Waals surface area contributed by atoms with E-state index in [1.807, 2.05) is 20.8 Å². The molecule has 1 fully saturated rings. The molecule has 0 bridgehead atoms. The number of hydrogen-bond acceptors (Lipinski definition) is 4. The second-order valence-corrected chi connectivity index (χ2v) is 10.9. The molecule has 1 aliphatic rings. The highest BCUT2D eigenvalue weighted by Crippen LogP contribution is 2.40. The largest absolute Gasteiger partial charge is 0.446 e. The Kier molecular flexibility index (Phi) is 6.15. The third-order valence-corrected chi connectivity index (χ3v) is 9.35. The van der Waals surface area contributed by atoms with E-state index in [2.05, 4.69) is 0 Å². The number of likely N-dealkylation sites (tertiary alicyclic amines) is 1. The molecule has 0 aliphatic carbocycles. The van der Waals surface area contributed by atoms with Crippen molar-refractivity contribution in [1.82, 2.24) is 4.90 Å². The second-order valence-electron chi connectivity index (χ2n) is 6.23. The van der Waals surface area contributed by atoms with Crippen molar-refractivity contribution < 1.29 is 23.1 Å². The fraction of sp³-hybridized carbons (Fsp3) is 0.867. The molecule has 0 saturated carbocycles. The Hall–Kier alpha value is -0.953. The molecule has 1 saturated heterocycles. The molecule has 2 atom stereocenters. The van der Waals surface area contributed by atoms with Crippen molar-refractivity contribution >= 4 is 20.3 Å². The molecule has 1 rings (SSSR count). The molecule has 0 unspecified atom stereocenters. The molecule has 7 heteroatoms. The van der Waals surface area contributed by atoms with Crippen molar-refractivity contribution in [3.8, 4) is 0 Å². The topological polar surface area (TPSA) is 55.8 Å². The van der Waals surface area contributed by atoms with E-state index in [0.717, 1.165) is 23.0 Å². The van der Waals surface area contributed by atoms with Crippen molar-refractivity contribution in [2.75, 3.05) is 6.67 Å². The molecule has 0 radical (unpaired) electrons. The van der Waals surface area contributed by atoms with Gasteiger partial charge in [-0.2, -0.15) is 0 Å². The Labute approximate surface area is 133 Å². The van der Waals surface area contributed by atoms with Crippen LogP contribution in [0.5, 0.6) is 0 Å². The van der Waals surface area contributed by atoms with E-state index in [0.29, 0.717) is 0 Å². The number of carbonyl (C=O) groups is 2. The summed E-state index contributed by atoms with van der Waals surface area (Å²) in [6.45, 7) is 10.3. The molecule has 1 heterocycles. The minimum absolute atomic E-state index is 0.358. The number of imide groups is 1. The third-order valence-electron chi connectivity index (χ3n) is 4.63. The van der Waals surface area contributed by atoms with E-state index in [4.69, 9.17) is 9.16 Å². The lowest BCUT2D eigenvalue weighted by atomic mass is 9.85. The Balaban J connectivity index is 2.96. The molecule has 0 aromatic rings. The van der Waals surface area contributed by atoms with Crippen LogP contribution in [0.2, 0.25) is 18.1 Å². The highest BCUT2D eigenvalue weighted by Gasteiger charge is 2.63. The van der Waals surface area contributed by atoms with E-state index in [1.54, 1.807) is 20.8 Å². The summed E-state index contributed by atoms with van der Waals surface area (Å²) in [5.41, 5.74) is -1.25. The smallest absolute Gasteiger partial charge is 0.417 e. The van der Waals surface area contributed by atoms with Gasteiger partial charge in [0.1, 0.15) is 12.7 Å². The van der Waals surface area contributed by atoms with Crippen LogP contribution < -0.4 is 0 Å². The number of β-lactam (4-membered cyclic amide) rings is 1. The number of carbonyl (C=O) groups excluding carboxylic acids is 2. The molecular formula is C15H28FNO4Si. The SMILES string of the molecule is CC[Si](CC)(CC)O[C@@]1(C)C(=O)N(C(=O)OC(C)C)[C@H]1CF. The highest BCUT2D eigenvalue weighted by atomic mass is 28.4. The van der Waals surface area contributed by atoms with Crippen LogP contribution in [0.1, 0.15) is 41.5 Å². The predicted molar refractivity (Wildman–Crippen MR) is 84.9 cm³/mol. The van der Waals surface area contributed by atoms with Crippen molar-refractivity contribution in [2.45, 2.75) is 77.4 Å². The summed E-state index contributed by atoms with van der Waals surface area (Å²) in [6, 6.07) is 1.68. The molecule has 0 spiro atoms. The first-order valence-corrected chi connectivity index (χ1v) is 10.5. The van der Waals surface area contributed by atoms with Crippen LogP contribution in [0, 0.1) is 0 Å². The summed E-state index contributed by atoms with van der Waals surface area (Å²) in [5, 5.41) is 0. The zero-order valence-corrected chi connectivity index (χ0v) is 15.4. The summed E-state index contributed by atoms with van der Waals surface area (Å²) in [6.07, 6.45) is -1.15. The van der Waals surface area contributed by atoms with Gasteiger partial charge in [-0.3, -0.25) is 4.79 Å². The van der Waals surface area contributed by atoms with Crippen molar-refractivity contribution in [3.63, 3.8) is 0 Å². The Morgan fingerprint density at radius 1 is 1.32 bits per heavy atom. The summed E-state index contributed by atoms with van der Waals surface area (Å²) in [4.78, 5) is 25.3. The maximum atomic E-state index is 13.5. The van der Waals surface area contributed by atoms with Gasteiger partial charge >= 0.3 is 6.09 Å². The van der Waals surface area contributed by atoms with Crippen LogP contribution in [0.3, 0.4) is 0 Å². The molecular weight excluding hydrogens is 305 g/mol. The van der Waals surface area contributed by atoms with Gasteiger partial charge < -0.3 is 9.16 Å². The summed E-state index contributed by atoms with van der Waals surface area (Å²) < 4.78 is 24.7. The van der Waals surface area contributed by atoms with Gasteiger partial charge in [0.15, 0.2) is 13.9 Å². The number of alkyl halides is 1. The summed E-state index contributed by atoms with van der Waals surface area (Å²) in [5.74, 6) is -0.493. The second kappa shape index (κ2) is 7.08. The molecule has 128 valence electrons. The van der Waals surface area contributed by atoms with Gasteiger partial charge in [-0.1, -0.05) is 20.8 Å².